The molecule has 0 unspecified atom stereocenters. The van der Waals surface area contributed by atoms with Crippen molar-refractivity contribution < 1.29 is 40.1 Å². The van der Waals surface area contributed by atoms with Crippen LogP contribution in [-0.2, 0) is 13.1 Å². The zero-order chi connectivity index (χ0) is 30.4. The molecule has 0 bridgehead atoms. The molecular formula is C37H44BrFN2O3. The minimum Gasteiger partial charge on any atom is -1.00 e. The van der Waals surface area contributed by atoms with E-state index in [0.29, 0.717) is 31.9 Å². The SMILES string of the molecule is CC[N+](CC)(CCCCN(Cc1ccc2c(c1)OCCO2)C(=O)c1ccc2cc(F)ccc2c1)Cc1cc(C)cc(C)c1.[Br-]. The topological polar surface area (TPSA) is 38.8 Å². The molecule has 7 heteroatoms. The Morgan fingerprint density at radius 2 is 1.48 bits per heavy atom. The molecule has 1 amide bonds. The van der Waals surface area contributed by atoms with Crippen LogP contribution in [0.5, 0.6) is 11.5 Å². The molecule has 1 aliphatic rings. The minimum atomic E-state index is -0.280. The summed E-state index contributed by atoms with van der Waals surface area (Å²) >= 11 is 0. The van der Waals surface area contributed by atoms with Gasteiger partial charge in [-0.15, -0.1) is 0 Å². The molecule has 0 atom stereocenters. The van der Waals surface area contributed by atoms with Gasteiger partial charge in [0.15, 0.2) is 11.5 Å². The van der Waals surface area contributed by atoms with Crippen LogP contribution in [0.3, 0.4) is 0 Å². The van der Waals surface area contributed by atoms with Crippen LogP contribution in [0.2, 0.25) is 0 Å². The van der Waals surface area contributed by atoms with Crippen molar-refractivity contribution in [2.24, 2.45) is 0 Å². The number of benzene rings is 4. The number of carbonyl (C=O) groups is 1. The first-order chi connectivity index (χ1) is 20.8. The molecule has 1 heterocycles. The number of halogens is 2. The molecule has 0 aliphatic carbocycles. The number of rotatable bonds is 12. The zero-order valence-electron chi connectivity index (χ0n) is 26.4. The van der Waals surface area contributed by atoms with Gasteiger partial charge in [-0.25, -0.2) is 4.39 Å². The fourth-order valence-electron chi connectivity index (χ4n) is 6.33. The summed E-state index contributed by atoms with van der Waals surface area (Å²) in [6.07, 6.45) is 1.93. The Balaban J connectivity index is 0.00000442. The van der Waals surface area contributed by atoms with Crippen molar-refractivity contribution >= 4 is 16.7 Å². The molecule has 0 saturated carbocycles. The fourth-order valence-corrected chi connectivity index (χ4v) is 6.33. The molecule has 4 aromatic rings. The normalized spacial score (nSPS) is 12.6. The average molecular weight is 664 g/mol. The van der Waals surface area contributed by atoms with E-state index in [9.17, 15) is 9.18 Å². The van der Waals surface area contributed by atoms with E-state index in [0.717, 1.165) is 71.3 Å². The summed E-state index contributed by atoms with van der Waals surface area (Å²) in [5.74, 6) is 1.16. The maximum Gasteiger partial charge on any atom is 0.254 e. The molecular weight excluding hydrogens is 619 g/mol. The van der Waals surface area contributed by atoms with Crippen molar-refractivity contribution in [1.82, 2.24) is 4.90 Å². The Morgan fingerprint density at radius 1 is 0.795 bits per heavy atom. The second kappa shape index (κ2) is 15.0. The predicted octanol–water partition coefficient (Wildman–Crippen LogP) is 4.85. The largest absolute Gasteiger partial charge is 1.00 e. The number of aryl methyl sites for hydroxylation is 2. The Hall–Kier alpha value is -3.42. The maximum atomic E-state index is 13.9. The van der Waals surface area contributed by atoms with E-state index in [1.165, 1.54) is 28.8 Å². The lowest BCUT2D eigenvalue weighted by molar-refractivity contribution is -0.938. The quantitative estimate of drug-likeness (QED) is 0.161. The number of fused-ring (bicyclic) bond motifs is 2. The van der Waals surface area contributed by atoms with Crippen LogP contribution < -0.4 is 26.5 Å². The van der Waals surface area contributed by atoms with Crippen molar-refractivity contribution in [3.05, 3.63) is 106 Å². The van der Waals surface area contributed by atoms with E-state index in [1.807, 2.05) is 35.2 Å². The second-order valence-corrected chi connectivity index (χ2v) is 12.0. The molecule has 5 nitrogen and oxygen atoms in total. The van der Waals surface area contributed by atoms with E-state index in [1.54, 1.807) is 12.1 Å². The molecule has 0 fully saturated rings. The lowest BCUT2D eigenvalue weighted by Gasteiger charge is -2.37. The van der Waals surface area contributed by atoms with Crippen molar-refractivity contribution in [2.75, 3.05) is 39.4 Å². The fraction of sp³-hybridized carbons (Fsp3) is 0.378. The monoisotopic (exact) mass is 662 g/mol. The molecule has 0 N–H and O–H groups in total. The summed E-state index contributed by atoms with van der Waals surface area (Å²) in [6.45, 7) is 15.3. The van der Waals surface area contributed by atoms with Crippen LogP contribution in [-0.4, -0.2) is 54.7 Å². The molecule has 5 rings (SSSR count). The molecule has 0 spiro atoms. The van der Waals surface area contributed by atoms with Crippen molar-refractivity contribution in [3.8, 4) is 11.5 Å². The standard InChI is InChI=1S/C37H44FN2O3.BrH/c1-5-40(6-2,26-30-20-27(3)19-28(4)21-30)16-8-7-15-39(25-29-9-14-35-36(22-29)43-18-17-42-35)37(41)33-11-10-32-24-34(38)13-12-31(32)23-33;/h9-14,19-24H,5-8,15-18,25-26H2,1-4H3;1H/q+1;/p-1. The Morgan fingerprint density at radius 3 is 2.20 bits per heavy atom. The van der Waals surface area contributed by atoms with Crippen molar-refractivity contribution in [2.45, 2.75) is 53.6 Å². The van der Waals surface area contributed by atoms with Gasteiger partial charge in [-0.1, -0.05) is 47.5 Å². The van der Waals surface area contributed by atoms with Gasteiger partial charge in [0.1, 0.15) is 25.6 Å². The van der Waals surface area contributed by atoms with Gasteiger partial charge in [-0.2, -0.15) is 0 Å². The summed E-state index contributed by atoms with van der Waals surface area (Å²) in [5.41, 5.74) is 5.63. The molecule has 1 aliphatic heterocycles. The smallest absolute Gasteiger partial charge is 0.254 e. The number of hydrogen-bond donors (Lipinski definition) is 0. The minimum absolute atomic E-state index is 0. The maximum absolute atomic E-state index is 13.9. The average Bonchev–Trinajstić information content (AvgIpc) is 3.00. The number of carbonyl (C=O) groups excluding carboxylic acids is 1. The number of hydrogen-bond acceptors (Lipinski definition) is 3. The van der Waals surface area contributed by atoms with Gasteiger partial charge in [0.25, 0.3) is 5.91 Å². The molecule has 44 heavy (non-hydrogen) atoms. The van der Waals surface area contributed by atoms with Crippen LogP contribution in [0.1, 0.15) is 59.3 Å². The Bertz CT molecular complexity index is 1570. The van der Waals surface area contributed by atoms with Gasteiger partial charge in [0, 0.05) is 24.2 Å². The summed E-state index contributed by atoms with van der Waals surface area (Å²) < 4.78 is 26.3. The van der Waals surface area contributed by atoms with Crippen LogP contribution in [0.15, 0.2) is 72.8 Å². The van der Waals surface area contributed by atoms with Gasteiger partial charge >= 0.3 is 0 Å². The second-order valence-electron chi connectivity index (χ2n) is 12.0. The van der Waals surface area contributed by atoms with E-state index in [4.69, 9.17) is 9.47 Å². The van der Waals surface area contributed by atoms with Crippen LogP contribution in [0.25, 0.3) is 10.8 Å². The lowest BCUT2D eigenvalue weighted by Crippen LogP contribution is -3.00. The Labute approximate surface area is 271 Å². The van der Waals surface area contributed by atoms with Crippen molar-refractivity contribution in [1.29, 1.82) is 0 Å². The van der Waals surface area contributed by atoms with Crippen LogP contribution >= 0.6 is 0 Å². The first-order valence-electron chi connectivity index (χ1n) is 15.6. The number of unbranched alkanes of at least 4 members (excludes halogenated alkanes) is 1. The number of amides is 1. The lowest BCUT2D eigenvalue weighted by atomic mass is 10.0. The van der Waals surface area contributed by atoms with Gasteiger partial charge in [0.05, 0.1) is 19.6 Å². The molecule has 0 aromatic heterocycles. The van der Waals surface area contributed by atoms with Crippen LogP contribution in [0, 0.1) is 19.7 Å². The third-order valence-electron chi connectivity index (χ3n) is 8.77. The van der Waals surface area contributed by atoms with Gasteiger partial charge < -0.3 is 35.8 Å². The molecule has 0 saturated heterocycles. The predicted molar refractivity (Wildman–Crippen MR) is 171 cm³/mol. The van der Waals surface area contributed by atoms with E-state index in [-0.39, 0.29) is 28.7 Å². The molecule has 4 aromatic carbocycles. The zero-order valence-corrected chi connectivity index (χ0v) is 28.0. The van der Waals surface area contributed by atoms with E-state index < -0.39 is 0 Å². The summed E-state index contributed by atoms with van der Waals surface area (Å²) in [5, 5.41) is 1.64. The van der Waals surface area contributed by atoms with E-state index >= 15 is 0 Å². The van der Waals surface area contributed by atoms with Gasteiger partial charge in [-0.05, 0) is 93.3 Å². The number of quaternary nitrogens is 1. The number of ether oxygens (including phenoxy) is 2. The summed E-state index contributed by atoms with van der Waals surface area (Å²) in [6, 6.07) is 23.0. The van der Waals surface area contributed by atoms with Crippen molar-refractivity contribution in [3.63, 3.8) is 0 Å². The van der Waals surface area contributed by atoms with E-state index in [2.05, 4.69) is 45.9 Å². The molecule has 234 valence electrons. The van der Waals surface area contributed by atoms with Gasteiger partial charge in [0.2, 0.25) is 0 Å². The highest BCUT2D eigenvalue weighted by Crippen LogP contribution is 2.31. The van der Waals surface area contributed by atoms with Gasteiger partial charge in [-0.3, -0.25) is 4.79 Å². The first kappa shape index (κ1) is 33.5. The highest BCUT2D eigenvalue weighted by atomic mass is 79.9. The first-order valence-corrected chi connectivity index (χ1v) is 15.6. The highest BCUT2D eigenvalue weighted by molar-refractivity contribution is 5.98. The van der Waals surface area contributed by atoms with Crippen LogP contribution in [0.4, 0.5) is 4.39 Å². The Kier molecular flexibility index (Phi) is 11.4. The summed E-state index contributed by atoms with van der Waals surface area (Å²) in [7, 11) is 0. The third-order valence-corrected chi connectivity index (χ3v) is 8.77. The molecule has 0 radical (unpaired) electrons. The summed E-state index contributed by atoms with van der Waals surface area (Å²) in [4.78, 5) is 15.9. The number of nitrogens with zero attached hydrogens (tertiary/aromatic N) is 2. The third kappa shape index (κ3) is 8.19. The highest BCUT2D eigenvalue weighted by Gasteiger charge is 2.25.